The fraction of sp³-hybridized carbons (Fsp3) is 0.0952. The van der Waals surface area contributed by atoms with Crippen molar-refractivity contribution in [1.29, 1.82) is 0 Å². The third-order valence-electron chi connectivity index (χ3n) is 9.48. The summed E-state index contributed by atoms with van der Waals surface area (Å²) in [5.74, 6) is 0. The maximum absolute atomic E-state index is 6.68. The fourth-order valence-corrected chi connectivity index (χ4v) is 7.35. The van der Waals surface area contributed by atoms with Gasteiger partial charge in [0.2, 0.25) is 0 Å². The van der Waals surface area contributed by atoms with Crippen molar-refractivity contribution in [3.63, 3.8) is 0 Å². The van der Waals surface area contributed by atoms with Crippen molar-refractivity contribution in [3.8, 4) is 5.69 Å². The zero-order valence-electron chi connectivity index (χ0n) is 25.0. The molecular weight excluding hydrogens is 548 g/mol. The monoisotopic (exact) mass is 580 g/mol. The number of para-hydroxylation sites is 3. The molecule has 0 N–H and O–H groups in total. The van der Waals surface area contributed by atoms with E-state index in [0.717, 1.165) is 70.1 Å². The topological polar surface area (TPSA) is 21.3 Å². The summed E-state index contributed by atoms with van der Waals surface area (Å²) >= 11 is 0. The van der Waals surface area contributed by atoms with E-state index >= 15 is 0 Å². The highest BCUT2D eigenvalue weighted by molar-refractivity contribution is 6.11. The van der Waals surface area contributed by atoms with Crippen LogP contribution < -0.4 is 4.90 Å². The molecule has 1 aliphatic carbocycles. The molecule has 0 radical (unpaired) electrons. The number of nitrogens with zero attached hydrogens (tertiary/aromatic N) is 2. The molecule has 216 valence electrons. The predicted octanol–water partition coefficient (Wildman–Crippen LogP) is 11.5. The number of anilines is 2. The van der Waals surface area contributed by atoms with E-state index in [0.29, 0.717) is 0 Å². The summed E-state index contributed by atoms with van der Waals surface area (Å²) in [5, 5.41) is 3.60. The third kappa shape index (κ3) is 4.12. The molecule has 2 aromatic heterocycles. The maximum atomic E-state index is 6.68. The quantitative estimate of drug-likeness (QED) is 0.207. The van der Waals surface area contributed by atoms with Crippen LogP contribution in [0.3, 0.4) is 0 Å². The lowest BCUT2D eigenvalue weighted by Crippen LogP contribution is -2.12. The molecule has 0 unspecified atom stereocenters. The van der Waals surface area contributed by atoms with Crippen LogP contribution in [-0.2, 0) is 6.42 Å². The van der Waals surface area contributed by atoms with Crippen LogP contribution in [0, 0.1) is 0 Å². The van der Waals surface area contributed by atoms with Crippen LogP contribution in [0.25, 0.3) is 55.8 Å². The van der Waals surface area contributed by atoms with Gasteiger partial charge in [0.25, 0.3) is 0 Å². The molecule has 2 aliphatic rings. The summed E-state index contributed by atoms with van der Waals surface area (Å²) in [6.07, 6.45) is 10.7. The van der Waals surface area contributed by atoms with Gasteiger partial charge in [-0.25, -0.2) is 0 Å². The van der Waals surface area contributed by atoms with Gasteiger partial charge in [0.1, 0.15) is 11.2 Å². The first-order valence-corrected chi connectivity index (χ1v) is 15.8. The zero-order valence-corrected chi connectivity index (χ0v) is 25.0. The second-order valence-corrected chi connectivity index (χ2v) is 12.1. The van der Waals surface area contributed by atoms with Crippen molar-refractivity contribution in [1.82, 2.24) is 4.57 Å². The maximum Gasteiger partial charge on any atom is 0.145 e. The van der Waals surface area contributed by atoms with E-state index in [1.165, 1.54) is 39.0 Å². The molecule has 0 spiro atoms. The lowest BCUT2D eigenvalue weighted by atomic mass is 9.90. The van der Waals surface area contributed by atoms with Crippen molar-refractivity contribution in [2.24, 2.45) is 0 Å². The summed E-state index contributed by atoms with van der Waals surface area (Å²) in [4.78, 5) is 2.26. The smallest absolute Gasteiger partial charge is 0.145 e. The minimum absolute atomic E-state index is 0.902. The lowest BCUT2D eigenvalue weighted by Gasteiger charge is -2.26. The Hall–Kier alpha value is -5.54. The van der Waals surface area contributed by atoms with E-state index in [1.807, 2.05) is 0 Å². The number of furan rings is 1. The minimum Gasteiger partial charge on any atom is -0.455 e. The van der Waals surface area contributed by atoms with Crippen molar-refractivity contribution >= 4 is 61.4 Å². The molecule has 0 fully saturated rings. The zero-order chi connectivity index (χ0) is 29.9. The van der Waals surface area contributed by atoms with Crippen molar-refractivity contribution < 1.29 is 4.42 Å². The van der Waals surface area contributed by atoms with Crippen LogP contribution in [0.1, 0.15) is 41.6 Å². The Morgan fingerprint density at radius 3 is 2.29 bits per heavy atom. The number of hydrogen-bond donors (Lipinski definition) is 0. The van der Waals surface area contributed by atoms with E-state index in [2.05, 4.69) is 150 Å². The van der Waals surface area contributed by atoms with Crippen LogP contribution in [0.15, 0.2) is 139 Å². The standard InChI is InChI=1S/C42H32N2O/c1-28-12-10-11-25-43(31-13-4-2-5-14-31)39-23-21-34-36-27-30(20-24-40(36)45-42(34)41(28)39)29-19-22-38-35(26-29)33-17-8-9-18-37(33)44(38)32-15-6-3-7-16-32/h2-9,11,13-18,20-21,23-27H,1,10,12,19,22H2/b25-11-. The highest BCUT2D eigenvalue weighted by atomic mass is 16.3. The Kier molecular flexibility index (Phi) is 5.92. The third-order valence-corrected chi connectivity index (χ3v) is 9.48. The summed E-state index contributed by atoms with van der Waals surface area (Å²) in [5.41, 5.74) is 14.1. The average molecular weight is 581 g/mol. The first-order valence-electron chi connectivity index (χ1n) is 15.8. The lowest BCUT2D eigenvalue weighted by molar-refractivity contribution is 0.667. The number of aromatic nitrogens is 1. The second-order valence-electron chi connectivity index (χ2n) is 12.1. The number of benzene rings is 5. The number of fused-ring (bicyclic) bond motifs is 8. The van der Waals surface area contributed by atoms with Gasteiger partial charge >= 0.3 is 0 Å². The van der Waals surface area contributed by atoms with Crippen LogP contribution in [0.2, 0.25) is 0 Å². The fourth-order valence-electron chi connectivity index (χ4n) is 7.35. The predicted molar refractivity (Wildman–Crippen MR) is 189 cm³/mol. The Bertz CT molecular complexity index is 2330. The molecule has 5 aromatic carbocycles. The SMILES string of the molecule is C=C1CC/C=C\N(c2ccccc2)c2ccc3c(oc4ccc(C5=Cc6c(n(-c7ccccc7)c7ccccc67)CC5)cc43)c21. The Labute approximate surface area is 262 Å². The molecule has 0 bridgehead atoms. The van der Waals surface area contributed by atoms with Gasteiger partial charge in [0.15, 0.2) is 0 Å². The molecule has 0 atom stereocenters. The second kappa shape index (κ2) is 10.3. The van der Waals surface area contributed by atoms with Crippen LogP contribution in [-0.4, -0.2) is 4.57 Å². The molecule has 3 heterocycles. The largest absolute Gasteiger partial charge is 0.455 e. The average Bonchev–Trinajstić information content (AvgIpc) is 3.62. The summed E-state index contributed by atoms with van der Waals surface area (Å²) in [6, 6.07) is 41.2. The van der Waals surface area contributed by atoms with Crippen molar-refractivity contribution in [2.75, 3.05) is 4.90 Å². The Morgan fingerprint density at radius 1 is 0.667 bits per heavy atom. The molecule has 0 amide bonds. The first-order chi connectivity index (χ1) is 22.2. The van der Waals surface area contributed by atoms with E-state index in [9.17, 15) is 0 Å². The van der Waals surface area contributed by atoms with E-state index < -0.39 is 0 Å². The highest BCUT2D eigenvalue weighted by Crippen LogP contribution is 2.45. The Balaban J connectivity index is 1.19. The van der Waals surface area contributed by atoms with Gasteiger partial charge < -0.3 is 13.9 Å². The van der Waals surface area contributed by atoms with Gasteiger partial charge in [-0.15, -0.1) is 0 Å². The van der Waals surface area contributed by atoms with E-state index in [4.69, 9.17) is 4.42 Å². The number of allylic oxidation sites excluding steroid dienone is 3. The molecule has 0 saturated carbocycles. The van der Waals surface area contributed by atoms with Crippen LogP contribution in [0.5, 0.6) is 0 Å². The molecule has 7 aromatic rings. The molecule has 1 aliphatic heterocycles. The van der Waals surface area contributed by atoms with Gasteiger partial charge in [0.05, 0.1) is 11.2 Å². The Morgan fingerprint density at radius 2 is 1.44 bits per heavy atom. The normalized spacial score (nSPS) is 15.5. The molecule has 3 heteroatoms. The van der Waals surface area contributed by atoms with Crippen LogP contribution >= 0.6 is 0 Å². The van der Waals surface area contributed by atoms with Crippen molar-refractivity contribution in [2.45, 2.75) is 25.7 Å². The summed E-state index contributed by atoms with van der Waals surface area (Å²) in [7, 11) is 0. The first kappa shape index (κ1) is 25.9. The highest BCUT2D eigenvalue weighted by Gasteiger charge is 2.24. The van der Waals surface area contributed by atoms with Gasteiger partial charge in [-0.2, -0.15) is 0 Å². The number of rotatable bonds is 3. The van der Waals surface area contributed by atoms with Gasteiger partial charge in [-0.1, -0.05) is 73.3 Å². The van der Waals surface area contributed by atoms with E-state index in [-0.39, 0.29) is 0 Å². The van der Waals surface area contributed by atoms with Gasteiger partial charge in [-0.05, 0) is 103 Å². The molecular formula is C42H32N2O. The molecule has 45 heavy (non-hydrogen) atoms. The van der Waals surface area contributed by atoms with Gasteiger partial charge in [-0.3, -0.25) is 0 Å². The van der Waals surface area contributed by atoms with E-state index in [1.54, 1.807) is 0 Å². The number of hydrogen-bond acceptors (Lipinski definition) is 2. The molecule has 3 nitrogen and oxygen atoms in total. The molecule has 9 rings (SSSR count). The molecule has 0 saturated heterocycles. The summed E-state index contributed by atoms with van der Waals surface area (Å²) in [6.45, 7) is 4.53. The van der Waals surface area contributed by atoms with Gasteiger partial charge in [0, 0.05) is 50.6 Å². The minimum atomic E-state index is 0.902. The summed E-state index contributed by atoms with van der Waals surface area (Å²) < 4.78 is 9.12. The van der Waals surface area contributed by atoms with Crippen LogP contribution in [0.4, 0.5) is 11.4 Å². The van der Waals surface area contributed by atoms with Crippen molar-refractivity contribution in [3.05, 3.63) is 157 Å².